The molecule has 0 radical (unpaired) electrons. The van der Waals surface area contributed by atoms with Gasteiger partial charge in [-0.05, 0) is 46.3 Å². The maximum atomic E-state index is 13.4. The molecule has 2 N–H and O–H groups in total. The van der Waals surface area contributed by atoms with E-state index >= 15 is 0 Å². The highest BCUT2D eigenvalue weighted by molar-refractivity contribution is 9.10. The van der Waals surface area contributed by atoms with Gasteiger partial charge in [0.1, 0.15) is 11.6 Å². The summed E-state index contributed by atoms with van der Waals surface area (Å²) in [5.41, 5.74) is 4.83. The molecule has 23 heavy (non-hydrogen) atoms. The van der Waals surface area contributed by atoms with Gasteiger partial charge in [0.05, 0.1) is 11.3 Å². The molecule has 2 rings (SSSR count). The molecule has 120 valence electrons. The average Bonchev–Trinajstić information content (AvgIpc) is 2.54. The number of carbonyl (C=O) groups excluding carboxylic acids is 2. The third kappa shape index (κ3) is 5.04. The SMILES string of the molecule is O=C(CSc1cc(F)ccc1F)NNC(=O)c1ccccc1Br. The topological polar surface area (TPSA) is 58.2 Å². The number of thioether (sulfide) groups is 1. The maximum absolute atomic E-state index is 13.4. The Morgan fingerprint density at radius 3 is 2.57 bits per heavy atom. The van der Waals surface area contributed by atoms with E-state index in [1.54, 1.807) is 24.3 Å². The Balaban J connectivity index is 1.85. The molecular formula is C15H11BrF2N2O2S. The summed E-state index contributed by atoms with van der Waals surface area (Å²) in [6.45, 7) is 0. The van der Waals surface area contributed by atoms with Crippen molar-refractivity contribution in [1.29, 1.82) is 0 Å². The summed E-state index contributed by atoms with van der Waals surface area (Å²) in [4.78, 5) is 23.6. The van der Waals surface area contributed by atoms with Gasteiger partial charge < -0.3 is 0 Å². The van der Waals surface area contributed by atoms with Crippen LogP contribution in [-0.4, -0.2) is 17.6 Å². The fraction of sp³-hybridized carbons (Fsp3) is 0.0667. The van der Waals surface area contributed by atoms with Crippen molar-refractivity contribution in [3.63, 3.8) is 0 Å². The highest BCUT2D eigenvalue weighted by atomic mass is 79.9. The largest absolute Gasteiger partial charge is 0.272 e. The molecule has 0 atom stereocenters. The molecule has 0 aromatic heterocycles. The first-order chi connectivity index (χ1) is 11.0. The van der Waals surface area contributed by atoms with E-state index in [1.807, 2.05) is 0 Å². The second-order valence-electron chi connectivity index (χ2n) is 4.35. The fourth-order valence-corrected chi connectivity index (χ4v) is 2.83. The lowest BCUT2D eigenvalue weighted by Gasteiger charge is -2.08. The van der Waals surface area contributed by atoms with E-state index in [2.05, 4.69) is 26.8 Å². The second kappa shape index (κ2) is 8.07. The minimum atomic E-state index is -0.610. The zero-order chi connectivity index (χ0) is 16.8. The number of amides is 2. The van der Waals surface area contributed by atoms with E-state index in [9.17, 15) is 18.4 Å². The minimum absolute atomic E-state index is 0.0253. The lowest BCUT2D eigenvalue weighted by Crippen LogP contribution is -2.42. The molecule has 0 aliphatic heterocycles. The summed E-state index contributed by atoms with van der Waals surface area (Å²) in [6, 6.07) is 9.71. The first-order valence-corrected chi connectivity index (χ1v) is 8.17. The Hall–Kier alpha value is -1.93. The molecule has 0 aliphatic rings. The minimum Gasteiger partial charge on any atom is -0.272 e. The fourth-order valence-electron chi connectivity index (χ4n) is 1.61. The maximum Gasteiger partial charge on any atom is 0.270 e. The zero-order valence-corrected chi connectivity index (χ0v) is 14.0. The van der Waals surface area contributed by atoms with Crippen molar-refractivity contribution in [2.45, 2.75) is 4.90 Å². The normalized spacial score (nSPS) is 10.2. The molecule has 4 nitrogen and oxygen atoms in total. The highest BCUT2D eigenvalue weighted by Gasteiger charge is 2.11. The van der Waals surface area contributed by atoms with Gasteiger partial charge in [0.15, 0.2) is 0 Å². The van der Waals surface area contributed by atoms with Crippen LogP contribution in [0.2, 0.25) is 0 Å². The number of hydrazine groups is 1. The summed E-state index contributed by atoms with van der Waals surface area (Å²) in [6.07, 6.45) is 0. The molecule has 8 heteroatoms. The van der Waals surface area contributed by atoms with Crippen LogP contribution in [0.1, 0.15) is 10.4 Å². The van der Waals surface area contributed by atoms with Crippen LogP contribution in [0.4, 0.5) is 8.78 Å². The summed E-state index contributed by atoms with van der Waals surface area (Å²) < 4.78 is 27.0. The van der Waals surface area contributed by atoms with Crippen LogP contribution >= 0.6 is 27.7 Å². The van der Waals surface area contributed by atoms with E-state index in [0.29, 0.717) is 10.0 Å². The van der Waals surface area contributed by atoms with Gasteiger partial charge in [-0.1, -0.05) is 12.1 Å². The van der Waals surface area contributed by atoms with Crippen LogP contribution in [0.15, 0.2) is 51.8 Å². The van der Waals surface area contributed by atoms with Gasteiger partial charge in [0.2, 0.25) is 5.91 Å². The zero-order valence-electron chi connectivity index (χ0n) is 11.6. The molecular weight excluding hydrogens is 390 g/mol. The molecule has 2 amide bonds. The Morgan fingerprint density at radius 2 is 1.83 bits per heavy atom. The Bertz CT molecular complexity index is 743. The van der Waals surface area contributed by atoms with Gasteiger partial charge in [-0.2, -0.15) is 0 Å². The van der Waals surface area contributed by atoms with Gasteiger partial charge in [0.25, 0.3) is 5.91 Å². The third-order valence-corrected chi connectivity index (χ3v) is 4.41. The van der Waals surface area contributed by atoms with Crippen molar-refractivity contribution in [3.8, 4) is 0 Å². The van der Waals surface area contributed by atoms with Crippen LogP contribution in [0.25, 0.3) is 0 Å². The van der Waals surface area contributed by atoms with Crippen molar-refractivity contribution in [1.82, 2.24) is 10.9 Å². The summed E-state index contributed by atoms with van der Waals surface area (Å²) in [7, 11) is 0. The van der Waals surface area contributed by atoms with E-state index in [-0.39, 0.29) is 10.6 Å². The molecule has 2 aromatic carbocycles. The summed E-state index contributed by atoms with van der Waals surface area (Å²) in [5.74, 6) is -2.40. The highest BCUT2D eigenvalue weighted by Crippen LogP contribution is 2.22. The first-order valence-electron chi connectivity index (χ1n) is 6.39. The van der Waals surface area contributed by atoms with Gasteiger partial charge in [-0.15, -0.1) is 11.8 Å². The number of carbonyl (C=O) groups is 2. The van der Waals surface area contributed by atoms with Crippen LogP contribution in [0.3, 0.4) is 0 Å². The number of hydrogen-bond donors (Lipinski definition) is 2. The van der Waals surface area contributed by atoms with Crippen LogP contribution in [-0.2, 0) is 4.79 Å². The number of benzene rings is 2. The average molecular weight is 401 g/mol. The van der Waals surface area contributed by atoms with Crippen LogP contribution < -0.4 is 10.9 Å². The van der Waals surface area contributed by atoms with E-state index in [1.165, 1.54) is 0 Å². The van der Waals surface area contributed by atoms with Gasteiger partial charge in [-0.25, -0.2) is 8.78 Å². The third-order valence-electron chi connectivity index (χ3n) is 2.69. The van der Waals surface area contributed by atoms with Crippen molar-refractivity contribution in [2.24, 2.45) is 0 Å². The number of hydrogen-bond acceptors (Lipinski definition) is 3. The van der Waals surface area contributed by atoms with Crippen molar-refractivity contribution in [2.75, 3.05) is 5.75 Å². The molecule has 0 saturated heterocycles. The number of rotatable bonds is 4. The van der Waals surface area contributed by atoms with Crippen molar-refractivity contribution >= 4 is 39.5 Å². The molecule has 2 aromatic rings. The van der Waals surface area contributed by atoms with E-state index < -0.39 is 23.4 Å². The smallest absolute Gasteiger partial charge is 0.270 e. The van der Waals surface area contributed by atoms with Crippen LogP contribution in [0, 0.1) is 11.6 Å². The second-order valence-corrected chi connectivity index (χ2v) is 6.22. The summed E-state index contributed by atoms with van der Waals surface area (Å²) >= 11 is 4.06. The molecule has 0 saturated carbocycles. The number of nitrogens with one attached hydrogen (secondary N) is 2. The van der Waals surface area contributed by atoms with Gasteiger partial charge in [-0.3, -0.25) is 20.4 Å². The lowest BCUT2D eigenvalue weighted by atomic mass is 10.2. The molecule has 0 spiro atoms. The standard InChI is InChI=1S/C15H11BrF2N2O2S/c16-11-4-2-1-3-10(11)15(22)20-19-14(21)8-23-13-7-9(17)5-6-12(13)18/h1-7H,8H2,(H,19,21)(H,20,22). The summed E-state index contributed by atoms with van der Waals surface area (Å²) in [5, 5.41) is 0. The van der Waals surface area contributed by atoms with Crippen molar-refractivity contribution < 1.29 is 18.4 Å². The monoisotopic (exact) mass is 400 g/mol. The predicted octanol–water partition coefficient (Wildman–Crippen LogP) is 3.28. The quantitative estimate of drug-likeness (QED) is 0.611. The molecule has 0 fully saturated rings. The van der Waals surface area contributed by atoms with E-state index in [4.69, 9.17) is 0 Å². The Labute approximate surface area is 143 Å². The Morgan fingerprint density at radius 1 is 1.09 bits per heavy atom. The van der Waals surface area contributed by atoms with Crippen LogP contribution in [0.5, 0.6) is 0 Å². The molecule has 0 bridgehead atoms. The molecule has 0 unspecified atom stereocenters. The lowest BCUT2D eigenvalue weighted by molar-refractivity contribution is -0.119. The number of halogens is 3. The Kier molecular flexibility index (Phi) is 6.12. The van der Waals surface area contributed by atoms with Gasteiger partial charge >= 0.3 is 0 Å². The van der Waals surface area contributed by atoms with E-state index in [0.717, 1.165) is 30.0 Å². The molecule has 0 heterocycles. The molecule has 0 aliphatic carbocycles. The van der Waals surface area contributed by atoms with Gasteiger partial charge in [0, 0.05) is 9.37 Å². The predicted molar refractivity (Wildman–Crippen MR) is 86.8 cm³/mol. The first kappa shape index (κ1) is 17.4. The van der Waals surface area contributed by atoms with Crippen molar-refractivity contribution in [3.05, 3.63) is 64.1 Å².